The van der Waals surface area contributed by atoms with Crippen molar-refractivity contribution in [1.82, 2.24) is 0 Å². The molecule has 0 saturated carbocycles. The number of carbonyl (C=O) groups is 2. The number of carbonyl (C=O) groups excluding carboxylic acids is 2. The van der Waals surface area contributed by atoms with Crippen LogP contribution in [-0.2, 0) is 26.0 Å². The van der Waals surface area contributed by atoms with Gasteiger partial charge in [0, 0.05) is 30.9 Å². The molecule has 3 aromatic carbocycles. The maximum atomic E-state index is 13.3. The zero-order valence-electron chi connectivity index (χ0n) is 18.6. The van der Waals surface area contributed by atoms with Crippen molar-refractivity contribution in [2.45, 2.75) is 24.2 Å². The van der Waals surface area contributed by atoms with Crippen molar-refractivity contribution in [2.24, 2.45) is 5.92 Å². The second-order valence-corrected chi connectivity index (χ2v) is 10.4. The molecule has 34 heavy (non-hydrogen) atoms. The van der Waals surface area contributed by atoms with Crippen LogP contribution in [0.4, 0.5) is 17.1 Å². The van der Waals surface area contributed by atoms with Crippen LogP contribution in [-0.4, -0.2) is 33.3 Å². The quantitative estimate of drug-likeness (QED) is 0.608. The van der Waals surface area contributed by atoms with E-state index in [2.05, 4.69) is 5.32 Å². The van der Waals surface area contributed by atoms with Gasteiger partial charge in [-0.3, -0.25) is 13.9 Å². The van der Waals surface area contributed by atoms with Crippen molar-refractivity contribution in [2.75, 3.05) is 27.6 Å². The molecule has 1 fully saturated rings. The zero-order chi connectivity index (χ0) is 23.7. The lowest BCUT2D eigenvalue weighted by Crippen LogP contribution is -2.35. The fourth-order valence-electron chi connectivity index (χ4n) is 4.57. The highest BCUT2D eigenvalue weighted by Gasteiger charge is 2.35. The van der Waals surface area contributed by atoms with Crippen molar-refractivity contribution in [3.05, 3.63) is 84.4 Å². The molecule has 1 atom stereocenters. The molecule has 5 rings (SSSR count). The van der Waals surface area contributed by atoms with Crippen molar-refractivity contribution in [3.63, 3.8) is 0 Å². The maximum Gasteiger partial charge on any atom is 0.264 e. The zero-order valence-corrected chi connectivity index (χ0v) is 19.4. The number of benzene rings is 3. The SMILES string of the molecule is O=C(Nc1ccc2c(c1)N(S(=O)(=O)c1ccccc1)CCC2)C1CC(=O)N(c2ccccc2)C1. The number of amides is 2. The van der Waals surface area contributed by atoms with Gasteiger partial charge in [-0.2, -0.15) is 0 Å². The fraction of sp³-hybridized carbons (Fsp3) is 0.231. The molecule has 2 amide bonds. The molecule has 1 saturated heterocycles. The van der Waals surface area contributed by atoms with Gasteiger partial charge in [0.1, 0.15) is 0 Å². The molecule has 0 bridgehead atoms. The number of aryl methyl sites for hydroxylation is 1. The number of rotatable bonds is 5. The van der Waals surface area contributed by atoms with E-state index >= 15 is 0 Å². The summed E-state index contributed by atoms with van der Waals surface area (Å²) in [6.07, 6.45) is 1.64. The summed E-state index contributed by atoms with van der Waals surface area (Å²) in [4.78, 5) is 27.3. The van der Waals surface area contributed by atoms with Crippen LogP contribution < -0.4 is 14.5 Å². The summed E-state index contributed by atoms with van der Waals surface area (Å²) in [5, 5.41) is 2.90. The van der Waals surface area contributed by atoms with Gasteiger partial charge in [-0.25, -0.2) is 8.42 Å². The Bertz CT molecular complexity index is 1330. The van der Waals surface area contributed by atoms with E-state index in [0.717, 1.165) is 24.1 Å². The Balaban J connectivity index is 1.36. The molecule has 1 N–H and O–H groups in total. The molecule has 2 aliphatic rings. The largest absolute Gasteiger partial charge is 0.326 e. The van der Waals surface area contributed by atoms with Crippen LogP contribution in [0.15, 0.2) is 83.8 Å². The first-order chi connectivity index (χ1) is 16.4. The van der Waals surface area contributed by atoms with Crippen LogP contribution in [0, 0.1) is 5.92 Å². The first kappa shape index (κ1) is 22.2. The van der Waals surface area contributed by atoms with Gasteiger partial charge in [0.05, 0.1) is 16.5 Å². The Kier molecular flexibility index (Phi) is 5.83. The first-order valence-electron chi connectivity index (χ1n) is 11.3. The van der Waals surface area contributed by atoms with Crippen molar-refractivity contribution >= 4 is 38.9 Å². The lowest BCUT2D eigenvalue weighted by molar-refractivity contribution is -0.122. The van der Waals surface area contributed by atoms with Crippen LogP contribution in [0.5, 0.6) is 0 Å². The Labute approximate surface area is 199 Å². The summed E-state index contributed by atoms with van der Waals surface area (Å²) in [6.45, 7) is 0.693. The summed E-state index contributed by atoms with van der Waals surface area (Å²) in [5.74, 6) is -0.815. The summed E-state index contributed by atoms with van der Waals surface area (Å²) in [7, 11) is -3.71. The normalized spacial score (nSPS) is 18.0. The van der Waals surface area contributed by atoms with Crippen molar-refractivity contribution in [1.29, 1.82) is 0 Å². The summed E-state index contributed by atoms with van der Waals surface area (Å²) in [6, 6.07) is 23.0. The van der Waals surface area contributed by atoms with Gasteiger partial charge in [0.25, 0.3) is 10.0 Å². The monoisotopic (exact) mass is 475 g/mol. The minimum atomic E-state index is -3.71. The van der Waals surface area contributed by atoms with Gasteiger partial charge in [0.2, 0.25) is 11.8 Å². The number of para-hydroxylation sites is 1. The van der Waals surface area contributed by atoms with Crippen molar-refractivity contribution in [3.8, 4) is 0 Å². The van der Waals surface area contributed by atoms with E-state index in [1.807, 2.05) is 36.4 Å². The molecule has 7 nitrogen and oxygen atoms in total. The number of nitrogens with one attached hydrogen (secondary N) is 1. The standard InChI is InChI=1S/C26H25N3O4S/c30-25-16-20(18-28(25)22-9-3-1-4-10-22)26(31)27-21-14-13-19-8-7-15-29(24(19)17-21)34(32,33)23-11-5-2-6-12-23/h1-6,9-14,17,20H,7-8,15-16,18H2,(H,27,31). The fourth-order valence-corrected chi connectivity index (χ4v) is 6.13. The summed E-state index contributed by atoms with van der Waals surface area (Å²) in [5.41, 5.74) is 2.80. The number of fused-ring (bicyclic) bond motifs is 1. The molecule has 3 aromatic rings. The highest BCUT2D eigenvalue weighted by Crippen LogP contribution is 2.34. The van der Waals surface area contributed by atoms with E-state index in [1.54, 1.807) is 47.4 Å². The highest BCUT2D eigenvalue weighted by atomic mass is 32.2. The van der Waals surface area contributed by atoms with E-state index in [0.29, 0.717) is 24.5 Å². The molecule has 174 valence electrons. The van der Waals surface area contributed by atoms with E-state index in [-0.39, 0.29) is 23.1 Å². The third kappa shape index (κ3) is 4.17. The van der Waals surface area contributed by atoms with Crippen LogP contribution in [0.3, 0.4) is 0 Å². The third-order valence-electron chi connectivity index (χ3n) is 6.32. The first-order valence-corrected chi connectivity index (χ1v) is 12.7. The Hall–Kier alpha value is -3.65. The van der Waals surface area contributed by atoms with E-state index in [1.165, 1.54) is 4.31 Å². The van der Waals surface area contributed by atoms with Crippen LogP contribution >= 0.6 is 0 Å². The second kappa shape index (κ2) is 8.95. The highest BCUT2D eigenvalue weighted by molar-refractivity contribution is 7.92. The third-order valence-corrected chi connectivity index (χ3v) is 8.15. The summed E-state index contributed by atoms with van der Waals surface area (Å²) < 4.78 is 28.0. The Morgan fingerprint density at radius 3 is 2.38 bits per heavy atom. The lowest BCUT2D eigenvalue weighted by Gasteiger charge is -2.31. The minimum absolute atomic E-state index is 0.0862. The Morgan fingerprint density at radius 1 is 0.941 bits per heavy atom. The molecular weight excluding hydrogens is 450 g/mol. The molecule has 1 unspecified atom stereocenters. The maximum absolute atomic E-state index is 13.3. The van der Waals surface area contributed by atoms with Gasteiger partial charge < -0.3 is 10.2 Å². The van der Waals surface area contributed by atoms with Crippen molar-refractivity contribution < 1.29 is 18.0 Å². The van der Waals surface area contributed by atoms with E-state index < -0.39 is 15.9 Å². The summed E-state index contributed by atoms with van der Waals surface area (Å²) >= 11 is 0. The van der Waals surface area contributed by atoms with Gasteiger partial charge in [-0.05, 0) is 54.8 Å². The van der Waals surface area contributed by atoms with E-state index in [4.69, 9.17) is 0 Å². The van der Waals surface area contributed by atoms with E-state index in [9.17, 15) is 18.0 Å². The van der Waals surface area contributed by atoms with Gasteiger partial charge in [-0.15, -0.1) is 0 Å². The molecular formula is C26H25N3O4S. The average molecular weight is 476 g/mol. The topological polar surface area (TPSA) is 86.8 Å². The predicted molar refractivity (Wildman–Crippen MR) is 131 cm³/mol. The van der Waals surface area contributed by atoms with Gasteiger partial charge >= 0.3 is 0 Å². The number of sulfonamides is 1. The predicted octanol–water partition coefficient (Wildman–Crippen LogP) is 3.82. The molecule has 2 aliphatic heterocycles. The molecule has 0 radical (unpaired) electrons. The molecule has 0 spiro atoms. The number of anilines is 3. The Morgan fingerprint density at radius 2 is 1.65 bits per heavy atom. The second-order valence-electron chi connectivity index (χ2n) is 8.57. The van der Waals surface area contributed by atoms with Gasteiger partial charge in [-0.1, -0.05) is 42.5 Å². The average Bonchev–Trinajstić information content (AvgIpc) is 3.26. The molecule has 8 heteroatoms. The lowest BCUT2D eigenvalue weighted by atomic mass is 10.0. The molecule has 0 aliphatic carbocycles. The molecule has 0 aromatic heterocycles. The van der Waals surface area contributed by atoms with Crippen LogP contribution in [0.2, 0.25) is 0 Å². The van der Waals surface area contributed by atoms with Gasteiger partial charge in [0.15, 0.2) is 0 Å². The number of hydrogen-bond acceptors (Lipinski definition) is 4. The number of hydrogen-bond donors (Lipinski definition) is 1. The van der Waals surface area contributed by atoms with Crippen LogP contribution in [0.25, 0.3) is 0 Å². The smallest absolute Gasteiger partial charge is 0.264 e. The number of nitrogens with zero attached hydrogens (tertiary/aromatic N) is 2. The molecule has 2 heterocycles. The van der Waals surface area contributed by atoms with Crippen LogP contribution in [0.1, 0.15) is 18.4 Å². The minimum Gasteiger partial charge on any atom is -0.326 e.